The van der Waals surface area contributed by atoms with Crippen molar-refractivity contribution in [2.24, 2.45) is 0 Å². The first-order valence-corrected chi connectivity index (χ1v) is 6.43. The van der Waals surface area contributed by atoms with Gasteiger partial charge in [-0.25, -0.2) is 0 Å². The Hall–Kier alpha value is -1.24. The van der Waals surface area contributed by atoms with Gasteiger partial charge < -0.3 is 14.9 Å². The lowest BCUT2D eigenvalue weighted by molar-refractivity contribution is 0.0243. The summed E-state index contributed by atoms with van der Waals surface area (Å²) in [7, 11) is 0. The molecule has 3 rings (SSSR count). The maximum atomic E-state index is 10.2. The Bertz CT molecular complexity index is 489. The van der Waals surface area contributed by atoms with Crippen molar-refractivity contribution in [3.63, 3.8) is 0 Å². The summed E-state index contributed by atoms with van der Waals surface area (Å²) in [4.78, 5) is 5.47. The number of aliphatic hydroxyl groups is 1. The van der Waals surface area contributed by atoms with Crippen molar-refractivity contribution in [3.05, 3.63) is 34.1 Å². The van der Waals surface area contributed by atoms with Gasteiger partial charge in [0.2, 0.25) is 0 Å². The van der Waals surface area contributed by atoms with Crippen LogP contribution in [0, 0.1) is 0 Å². The van der Waals surface area contributed by atoms with Gasteiger partial charge in [0, 0.05) is 17.8 Å². The predicted octanol–water partition coefficient (Wildman–Crippen LogP) is 0.903. The van der Waals surface area contributed by atoms with E-state index in [0.29, 0.717) is 31.1 Å². The number of nitrogens with one attached hydrogen (secondary N) is 1. The van der Waals surface area contributed by atoms with Gasteiger partial charge in [-0.1, -0.05) is 11.2 Å². The van der Waals surface area contributed by atoms with Crippen LogP contribution in [0.25, 0.3) is 0 Å². The Morgan fingerprint density at radius 1 is 1.59 bits per heavy atom. The third-order valence-corrected chi connectivity index (χ3v) is 3.79. The SMILES string of the molecule is OC1(c2nc(Cc3cccs3)no2)CCNC1. The molecular weight excluding hydrogens is 238 g/mol. The van der Waals surface area contributed by atoms with Crippen molar-refractivity contribution in [3.8, 4) is 0 Å². The highest BCUT2D eigenvalue weighted by Gasteiger charge is 2.38. The molecule has 0 saturated carbocycles. The van der Waals surface area contributed by atoms with Crippen molar-refractivity contribution in [2.45, 2.75) is 18.4 Å². The van der Waals surface area contributed by atoms with Gasteiger partial charge >= 0.3 is 0 Å². The van der Waals surface area contributed by atoms with Gasteiger partial charge in [0.1, 0.15) is 0 Å². The molecule has 1 saturated heterocycles. The van der Waals surface area contributed by atoms with E-state index < -0.39 is 5.60 Å². The zero-order valence-corrected chi connectivity index (χ0v) is 10.0. The fraction of sp³-hybridized carbons (Fsp3) is 0.455. The largest absolute Gasteiger partial charge is 0.379 e. The number of nitrogens with zero attached hydrogens (tertiary/aromatic N) is 2. The summed E-state index contributed by atoms with van der Waals surface area (Å²) in [5, 5.41) is 19.3. The highest BCUT2D eigenvalue weighted by atomic mass is 32.1. The van der Waals surface area contributed by atoms with Gasteiger partial charge in [-0.3, -0.25) is 0 Å². The maximum Gasteiger partial charge on any atom is 0.259 e. The van der Waals surface area contributed by atoms with Crippen LogP contribution in [0.5, 0.6) is 0 Å². The highest BCUT2D eigenvalue weighted by molar-refractivity contribution is 7.09. The monoisotopic (exact) mass is 251 g/mol. The van der Waals surface area contributed by atoms with Crippen LogP contribution in [0.1, 0.15) is 23.0 Å². The molecule has 2 aromatic heterocycles. The summed E-state index contributed by atoms with van der Waals surface area (Å²) >= 11 is 1.66. The molecule has 0 aromatic carbocycles. The van der Waals surface area contributed by atoms with E-state index in [1.165, 1.54) is 4.88 Å². The summed E-state index contributed by atoms with van der Waals surface area (Å²) < 4.78 is 5.15. The summed E-state index contributed by atoms with van der Waals surface area (Å²) in [5.41, 5.74) is -0.985. The Kier molecular flexibility index (Phi) is 2.70. The minimum Gasteiger partial charge on any atom is -0.379 e. The van der Waals surface area contributed by atoms with E-state index in [9.17, 15) is 5.11 Å². The summed E-state index contributed by atoms with van der Waals surface area (Å²) in [5.74, 6) is 0.955. The quantitative estimate of drug-likeness (QED) is 0.848. The summed E-state index contributed by atoms with van der Waals surface area (Å²) in [6.45, 7) is 1.26. The van der Waals surface area contributed by atoms with Gasteiger partial charge in [0.15, 0.2) is 11.4 Å². The summed E-state index contributed by atoms with van der Waals surface area (Å²) in [6, 6.07) is 4.03. The molecule has 2 aromatic rings. The van der Waals surface area contributed by atoms with E-state index in [1.54, 1.807) is 11.3 Å². The second-order valence-electron chi connectivity index (χ2n) is 4.23. The molecule has 1 unspecified atom stereocenters. The van der Waals surface area contributed by atoms with E-state index in [0.717, 1.165) is 6.54 Å². The molecule has 5 nitrogen and oxygen atoms in total. The average molecular weight is 251 g/mol. The van der Waals surface area contributed by atoms with Gasteiger partial charge in [-0.05, 0) is 24.4 Å². The van der Waals surface area contributed by atoms with Crippen molar-refractivity contribution in [1.29, 1.82) is 0 Å². The van der Waals surface area contributed by atoms with Gasteiger partial charge in [-0.2, -0.15) is 4.98 Å². The van der Waals surface area contributed by atoms with E-state index in [2.05, 4.69) is 15.5 Å². The van der Waals surface area contributed by atoms with Crippen molar-refractivity contribution < 1.29 is 9.63 Å². The van der Waals surface area contributed by atoms with Crippen LogP contribution in [-0.2, 0) is 12.0 Å². The predicted molar refractivity (Wildman–Crippen MR) is 62.8 cm³/mol. The zero-order valence-electron chi connectivity index (χ0n) is 9.22. The normalized spacial score (nSPS) is 24.3. The van der Waals surface area contributed by atoms with Crippen molar-refractivity contribution >= 4 is 11.3 Å². The minimum absolute atomic E-state index is 0.328. The second kappa shape index (κ2) is 4.21. The van der Waals surface area contributed by atoms with Crippen LogP contribution in [0.15, 0.2) is 22.0 Å². The first-order valence-electron chi connectivity index (χ1n) is 5.55. The third-order valence-electron chi connectivity index (χ3n) is 2.91. The van der Waals surface area contributed by atoms with Crippen LogP contribution in [0.2, 0.25) is 0 Å². The first kappa shape index (κ1) is 10.9. The molecule has 17 heavy (non-hydrogen) atoms. The van der Waals surface area contributed by atoms with Crippen LogP contribution in [0.3, 0.4) is 0 Å². The molecule has 1 aliphatic rings. The van der Waals surface area contributed by atoms with E-state index in [-0.39, 0.29) is 0 Å². The molecule has 90 valence electrons. The van der Waals surface area contributed by atoms with Crippen molar-refractivity contribution in [2.75, 3.05) is 13.1 Å². The van der Waals surface area contributed by atoms with Crippen molar-refractivity contribution in [1.82, 2.24) is 15.5 Å². The molecule has 0 bridgehead atoms. The molecule has 0 radical (unpaired) electrons. The lowest BCUT2D eigenvalue weighted by Gasteiger charge is -2.14. The minimum atomic E-state index is -0.985. The molecule has 0 aliphatic carbocycles. The third kappa shape index (κ3) is 2.11. The molecule has 3 heterocycles. The fourth-order valence-corrected chi connectivity index (χ4v) is 2.65. The first-order chi connectivity index (χ1) is 8.26. The lowest BCUT2D eigenvalue weighted by atomic mass is 10.0. The van der Waals surface area contributed by atoms with E-state index in [4.69, 9.17) is 4.52 Å². The molecule has 1 atom stereocenters. The topological polar surface area (TPSA) is 71.2 Å². The van der Waals surface area contributed by atoms with Gasteiger partial charge in [0.25, 0.3) is 5.89 Å². The van der Waals surface area contributed by atoms with Crippen LogP contribution in [-0.4, -0.2) is 28.3 Å². The van der Waals surface area contributed by atoms with Crippen LogP contribution < -0.4 is 5.32 Å². The van der Waals surface area contributed by atoms with E-state index in [1.807, 2.05) is 17.5 Å². The average Bonchev–Trinajstić information content (AvgIpc) is 3.00. The number of β-amino-alcohol motifs (C(OH)–C–C–N with tert-alkyl or cyclic N) is 1. The molecular formula is C11H13N3O2S. The van der Waals surface area contributed by atoms with E-state index >= 15 is 0 Å². The standard InChI is InChI=1S/C11H13N3O2S/c15-11(3-4-12-7-11)10-13-9(14-16-10)6-8-2-1-5-17-8/h1-2,5,12,15H,3-4,6-7H2. The molecule has 0 spiro atoms. The Labute approximate surface area is 102 Å². The number of hydrogen-bond acceptors (Lipinski definition) is 6. The smallest absolute Gasteiger partial charge is 0.259 e. The lowest BCUT2D eigenvalue weighted by Crippen LogP contribution is -2.28. The maximum absolute atomic E-state index is 10.2. The number of rotatable bonds is 3. The Balaban J connectivity index is 1.78. The number of thiophene rings is 1. The molecule has 1 aliphatic heterocycles. The van der Waals surface area contributed by atoms with Crippen LogP contribution >= 0.6 is 11.3 Å². The summed E-state index contributed by atoms with van der Waals surface area (Å²) in [6.07, 6.45) is 1.28. The zero-order chi connectivity index (χ0) is 11.7. The number of aromatic nitrogens is 2. The fourth-order valence-electron chi connectivity index (χ4n) is 1.95. The Morgan fingerprint density at radius 2 is 2.53 bits per heavy atom. The molecule has 6 heteroatoms. The molecule has 1 fully saturated rings. The molecule has 0 amide bonds. The van der Waals surface area contributed by atoms with Gasteiger partial charge in [0.05, 0.1) is 0 Å². The van der Waals surface area contributed by atoms with Gasteiger partial charge in [-0.15, -0.1) is 11.3 Å². The van der Waals surface area contributed by atoms with Crippen LogP contribution in [0.4, 0.5) is 0 Å². The number of hydrogen-bond donors (Lipinski definition) is 2. The highest BCUT2D eigenvalue weighted by Crippen LogP contribution is 2.26. The Morgan fingerprint density at radius 3 is 3.24 bits per heavy atom. The molecule has 2 N–H and O–H groups in total. The second-order valence-corrected chi connectivity index (χ2v) is 5.26.